The summed E-state index contributed by atoms with van der Waals surface area (Å²) in [7, 11) is 0. The summed E-state index contributed by atoms with van der Waals surface area (Å²) < 4.78 is 1.84. The molecule has 0 aliphatic carbocycles. The van der Waals surface area contributed by atoms with Gasteiger partial charge >= 0.3 is 0 Å². The molecule has 2 bridgehead atoms. The number of hydrogen-bond donors (Lipinski definition) is 3. The van der Waals surface area contributed by atoms with Crippen LogP contribution in [0, 0.1) is 18.3 Å². The van der Waals surface area contributed by atoms with Crippen LogP contribution < -0.4 is 10.6 Å². The van der Waals surface area contributed by atoms with Crippen molar-refractivity contribution in [2.75, 3.05) is 17.2 Å². The second-order valence-electron chi connectivity index (χ2n) is 8.03. The van der Waals surface area contributed by atoms with E-state index in [1.807, 2.05) is 35.8 Å². The summed E-state index contributed by atoms with van der Waals surface area (Å²) >= 11 is 0. The van der Waals surface area contributed by atoms with E-state index in [0.29, 0.717) is 36.3 Å². The molecule has 3 atom stereocenters. The number of hydrogen-bond acceptors (Lipinski definition) is 7. The summed E-state index contributed by atoms with van der Waals surface area (Å²) in [6.45, 7) is 2.85. The molecule has 9 nitrogen and oxygen atoms in total. The summed E-state index contributed by atoms with van der Waals surface area (Å²) in [5.41, 5.74) is 1.94. The van der Waals surface area contributed by atoms with Crippen LogP contribution >= 0.6 is 0 Å². The average molecular weight is 391 g/mol. The maximum absolute atomic E-state index is 8.93. The van der Waals surface area contributed by atoms with Crippen LogP contribution in [0.2, 0.25) is 0 Å². The smallest absolute Gasteiger partial charge is 0.248 e. The zero-order chi connectivity index (χ0) is 19.8. The van der Waals surface area contributed by atoms with E-state index in [9.17, 15) is 0 Å². The first-order chi connectivity index (χ1) is 14.2. The maximum atomic E-state index is 8.93. The Morgan fingerprint density at radius 1 is 1.31 bits per heavy atom. The van der Waals surface area contributed by atoms with Gasteiger partial charge in [-0.05, 0) is 44.7 Å². The van der Waals surface area contributed by atoms with Gasteiger partial charge in [-0.2, -0.15) is 15.3 Å². The highest BCUT2D eigenvalue weighted by molar-refractivity contribution is 5.69. The normalized spacial score (nSPS) is 23.9. The van der Waals surface area contributed by atoms with E-state index >= 15 is 0 Å². The summed E-state index contributed by atoms with van der Waals surface area (Å²) in [6, 6.07) is 9.72. The lowest BCUT2D eigenvalue weighted by Gasteiger charge is -2.39. The SMILES string of the molecule is Cc1cc(Nc2nc(NC3CC4CC[C@@H](C3)N4CCC#N)c3cccn3n2)n[nH]1. The average Bonchev–Trinajstić information content (AvgIpc) is 3.39. The number of rotatable bonds is 6. The lowest BCUT2D eigenvalue weighted by atomic mass is 9.97. The van der Waals surface area contributed by atoms with Crippen LogP contribution in [-0.4, -0.2) is 54.4 Å². The fourth-order valence-electron chi connectivity index (χ4n) is 4.82. The van der Waals surface area contributed by atoms with Crippen molar-refractivity contribution in [2.45, 2.75) is 57.2 Å². The van der Waals surface area contributed by atoms with Crippen molar-refractivity contribution in [1.29, 1.82) is 5.26 Å². The van der Waals surface area contributed by atoms with E-state index in [1.54, 1.807) is 0 Å². The van der Waals surface area contributed by atoms with Crippen LogP contribution in [0.4, 0.5) is 17.6 Å². The first kappa shape index (κ1) is 17.9. The summed E-state index contributed by atoms with van der Waals surface area (Å²) in [5.74, 6) is 2.05. The fourth-order valence-corrected chi connectivity index (χ4v) is 4.82. The third-order valence-corrected chi connectivity index (χ3v) is 6.04. The molecule has 5 heterocycles. The fraction of sp³-hybridized carbons (Fsp3) is 0.500. The van der Waals surface area contributed by atoms with Crippen LogP contribution in [-0.2, 0) is 0 Å². The highest BCUT2D eigenvalue weighted by atomic mass is 15.3. The molecule has 5 rings (SSSR count). The van der Waals surface area contributed by atoms with Gasteiger partial charge in [0.05, 0.1) is 6.07 Å². The minimum Gasteiger partial charge on any atom is -0.365 e. The van der Waals surface area contributed by atoms with Crippen molar-refractivity contribution in [3.05, 3.63) is 30.1 Å². The second kappa shape index (κ2) is 7.37. The first-order valence-electron chi connectivity index (χ1n) is 10.2. The molecule has 0 amide bonds. The number of piperidine rings is 1. The Bertz CT molecular complexity index is 1030. The topological polar surface area (TPSA) is 110 Å². The Morgan fingerprint density at radius 3 is 2.86 bits per heavy atom. The monoisotopic (exact) mass is 391 g/mol. The molecule has 0 aromatic carbocycles. The van der Waals surface area contributed by atoms with E-state index in [2.05, 4.69) is 36.9 Å². The molecule has 29 heavy (non-hydrogen) atoms. The van der Waals surface area contributed by atoms with Crippen LogP contribution in [0.15, 0.2) is 24.4 Å². The molecule has 2 fully saturated rings. The Balaban J connectivity index is 1.35. The van der Waals surface area contributed by atoms with Crippen LogP contribution in [0.3, 0.4) is 0 Å². The van der Waals surface area contributed by atoms with Crippen molar-refractivity contribution in [3.8, 4) is 6.07 Å². The molecule has 3 aromatic heterocycles. The molecule has 0 saturated carbocycles. The number of H-pyrrole nitrogens is 1. The van der Waals surface area contributed by atoms with E-state index in [0.717, 1.165) is 36.4 Å². The van der Waals surface area contributed by atoms with E-state index in [4.69, 9.17) is 10.2 Å². The van der Waals surface area contributed by atoms with Gasteiger partial charge in [0, 0.05) is 49.0 Å². The second-order valence-corrected chi connectivity index (χ2v) is 8.03. The zero-order valence-corrected chi connectivity index (χ0v) is 16.5. The molecule has 2 aliphatic rings. The van der Waals surface area contributed by atoms with Gasteiger partial charge in [-0.25, -0.2) is 4.52 Å². The third-order valence-electron chi connectivity index (χ3n) is 6.04. The molecular formula is C20H25N9. The Labute approximate surface area is 169 Å². The Kier molecular flexibility index (Phi) is 4.56. The van der Waals surface area contributed by atoms with Gasteiger partial charge < -0.3 is 10.6 Å². The van der Waals surface area contributed by atoms with Gasteiger partial charge in [-0.15, -0.1) is 5.10 Å². The third kappa shape index (κ3) is 3.51. The number of aryl methyl sites for hydroxylation is 1. The molecular weight excluding hydrogens is 366 g/mol. The number of nitrogens with one attached hydrogen (secondary N) is 3. The van der Waals surface area contributed by atoms with E-state index in [1.165, 1.54) is 12.8 Å². The highest BCUT2D eigenvalue weighted by Crippen LogP contribution is 2.37. The van der Waals surface area contributed by atoms with Gasteiger partial charge in [-0.3, -0.25) is 10.00 Å². The summed E-state index contributed by atoms with van der Waals surface area (Å²) in [5, 5.41) is 27.5. The number of aromatic nitrogens is 5. The molecule has 2 unspecified atom stereocenters. The largest absolute Gasteiger partial charge is 0.365 e. The standard InChI is InChI=1S/C20H25N9/c1-13-10-18(26-25-13)23-20-24-19(17-4-2-9-29(17)27-20)22-14-11-15-5-6-16(12-14)28(15)8-3-7-21/h2,4,9-10,14-16H,3,5-6,8,11-12H2,1H3,(H3,22,23,24,25,26,27)/t14?,15-,16?/m0/s1. The zero-order valence-electron chi connectivity index (χ0n) is 16.5. The molecule has 0 radical (unpaired) electrons. The van der Waals surface area contributed by atoms with Gasteiger partial charge in [-0.1, -0.05) is 0 Å². The van der Waals surface area contributed by atoms with Crippen LogP contribution in [0.25, 0.3) is 5.52 Å². The molecule has 0 spiro atoms. The molecule has 2 aliphatic heterocycles. The van der Waals surface area contributed by atoms with Gasteiger partial charge in [0.25, 0.3) is 0 Å². The lowest BCUT2D eigenvalue weighted by molar-refractivity contribution is 0.136. The number of anilines is 3. The maximum Gasteiger partial charge on any atom is 0.248 e. The predicted octanol–water partition coefficient (Wildman–Crippen LogP) is 2.83. The van der Waals surface area contributed by atoms with E-state index < -0.39 is 0 Å². The van der Waals surface area contributed by atoms with Crippen molar-refractivity contribution < 1.29 is 0 Å². The molecule has 150 valence electrons. The van der Waals surface area contributed by atoms with Crippen LogP contribution in [0.5, 0.6) is 0 Å². The molecule has 9 heteroatoms. The Hall–Kier alpha value is -3.12. The van der Waals surface area contributed by atoms with Crippen molar-refractivity contribution >= 4 is 23.1 Å². The molecule has 2 saturated heterocycles. The minimum absolute atomic E-state index is 0.375. The van der Waals surface area contributed by atoms with E-state index in [-0.39, 0.29) is 0 Å². The van der Waals surface area contributed by atoms with Gasteiger partial charge in [0.1, 0.15) is 5.52 Å². The lowest BCUT2D eigenvalue weighted by Crippen LogP contribution is -2.47. The number of fused-ring (bicyclic) bond motifs is 3. The van der Waals surface area contributed by atoms with Crippen LogP contribution in [0.1, 0.15) is 37.8 Å². The number of nitriles is 1. The van der Waals surface area contributed by atoms with Crippen molar-refractivity contribution in [2.24, 2.45) is 0 Å². The number of nitrogens with zero attached hydrogens (tertiary/aromatic N) is 6. The number of aromatic amines is 1. The van der Waals surface area contributed by atoms with Gasteiger partial charge in [0.2, 0.25) is 5.95 Å². The molecule has 3 aromatic rings. The van der Waals surface area contributed by atoms with Crippen molar-refractivity contribution in [1.82, 2.24) is 29.7 Å². The summed E-state index contributed by atoms with van der Waals surface area (Å²) in [4.78, 5) is 7.29. The van der Waals surface area contributed by atoms with Crippen molar-refractivity contribution in [3.63, 3.8) is 0 Å². The molecule has 3 N–H and O–H groups in total. The first-order valence-corrected chi connectivity index (χ1v) is 10.2. The Morgan fingerprint density at radius 2 is 2.14 bits per heavy atom. The summed E-state index contributed by atoms with van der Waals surface area (Å²) in [6.07, 6.45) is 7.16. The minimum atomic E-state index is 0.375. The van der Waals surface area contributed by atoms with Gasteiger partial charge in [0.15, 0.2) is 11.6 Å². The quantitative estimate of drug-likeness (QED) is 0.593. The highest BCUT2D eigenvalue weighted by Gasteiger charge is 2.40. The predicted molar refractivity (Wildman–Crippen MR) is 110 cm³/mol.